The lowest BCUT2D eigenvalue weighted by molar-refractivity contribution is 0.199. The molecule has 1 aliphatic rings. The van der Waals surface area contributed by atoms with Crippen LogP contribution in [0.5, 0.6) is 0 Å². The van der Waals surface area contributed by atoms with Crippen molar-refractivity contribution in [1.29, 1.82) is 0 Å². The summed E-state index contributed by atoms with van der Waals surface area (Å²) in [5, 5.41) is 0. The van der Waals surface area contributed by atoms with Crippen LogP contribution < -0.4 is 0 Å². The van der Waals surface area contributed by atoms with E-state index in [9.17, 15) is 0 Å². The Labute approximate surface area is 105 Å². The van der Waals surface area contributed by atoms with Crippen LogP contribution in [0.25, 0.3) is 0 Å². The van der Waals surface area contributed by atoms with E-state index in [1.54, 1.807) is 0 Å². The summed E-state index contributed by atoms with van der Waals surface area (Å²) in [6.45, 7) is 11.3. The van der Waals surface area contributed by atoms with Gasteiger partial charge in [0.2, 0.25) is 0 Å². The van der Waals surface area contributed by atoms with E-state index in [-0.39, 0.29) is 0 Å². The van der Waals surface area contributed by atoms with Crippen molar-refractivity contribution in [1.82, 2.24) is 9.88 Å². The second-order valence-corrected chi connectivity index (χ2v) is 5.81. The predicted octanol–water partition coefficient (Wildman–Crippen LogP) is 3.05. The van der Waals surface area contributed by atoms with Gasteiger partial charge in [-0.05, 0) is 49.8 Å². The number of hydrogen-bond donors (Lipinski definition) is 0. The number of fused-ring (bicyclic) bond motifs is 1. The highest BCUT2D eigenvalue weighted by atomic mass is 15.2. The van der Waals surface area contributed by atoms with E-state index in [4.69, 9.17) is 0 Å². The lowest BCUT2D eigenvalue weighted by Crippen LogP contribution is -2.36. The molecular weight excluding hydrogens is 208 g/mol. The average molecular weight is 232 g/mol. The minimum Gasteiger partial charge on any atom is -0.295 e. The van der Waals surface area contributed by atoms with Gasteiger partial charge in [-0.25, -0.2) is 0 Å². The third-order valence-corrected chi connectivity index (χ3v) is 3.60. The van der Waals surface area contributed by atoms with E-state index in [0.29, 0.717) is 6.04 Å². The molecule has 2 rings (SSSR count). The van der Waals surface area contributed by atoms with E-state index in [1.807, 2.05) is 6.20 Å². The van der Waals surface area contributed by atoms with Crippen molar-refractivity contribution in [2.24, 2.45) is 5.92 Å². The zero-order valence-electron chi connectivity index (χ0n) is 11.5. The van der Waals surface area contributed by atoms with Crippen molar-refractivity contribution in [3.8, 4) is 0 Å². The Morgan fingerprint density at radius 2 is 2.06 bits per heavy atom. The maximum atomic E-state index is 4.58. The Bertz CT molecular complexity index is 383. The summed E-state index contributed by atoms with van der Waals surface area (Å²) in [7, 11) is 0. The zero-order valence-corrected chi connectivity index (χ0v) is 11.5. The molecule has 0 radical (unpaired) electrons. The van der Waals surface area contributed by atoms with Crippen LogP contribution in [-0.2, 0) is 19.4 Å². The Hall–Kier alpha value is -0.890. The van der Waals surface area contributed by atoms with Crippen LogP contribution in [0.2, 0.25) is 0 Å². The Morgan fingerprint density at radius 3 is 2.71 bits per heavy atom. The highest BCUT2D eigenvalue weighted by Crippen LogP contribution is 2.23. The third-order valence-electron chi connectivity index (χ3n) is 3.60. The van der Waals surface area contributed by atoms with Crippen molar-refractivity contribution in [2.45, 2.75) is 53.1 Å². The summed E-state index contributed by atoms with van der Waals surface area (Å²) in [6, 6.07) is 2.84. The van der Waals surface area contributed by atoms with Gasteiger partial charge in [0, 0.05) is 25.3 Å². The van der Waals surface area contributed by atoms with Gasteiger partial charge in [-0.1, -0.05) is 13.8 Å². The molecule has 0 saturated heterocycles. The van der Waals surface area contributed by atoms with Crippen LogP contribution in [-0.4, -0.2) is 22.5 Å². The molecule has 2 heteroatoms. The van der Waals surface area contributed by atoms with Crippen molar-refractivity contribution in [3.05, 3.63) is 29.1 Å². The molecule has 17 heavy (non-hydrogen) atoms. The highest BCUT2D eigenvalue weighted by molar-refractivity contribution is 5.32. The van der Waals surface area contributed by atoms with Gasteiger partial charge in [0.05, 0.1) is 5.69 Å². The molecule has 0 N–H and O–H groups in total. The van der Waals surface area contributed by atoms with Gasteiger partial charge in [0.25, 0.3) is 0 Å². The summed E-state index contributed by atoms with van der Waals surface area (Å²) in [5.41, 5.74) is 4.36. The minimum absolute atomic E-state index is 0.624. The fraction of sp³-hybridized carbons (Fsp3) is 0.667. The van der Waals surface area contributed by atoms with Crippen LogP contribution in [0.3, 0.4) is 0 Å². The number of hydrogen-bond acceptors (Lipinski definition) is 2. The summed E-state index contributed by atoms with van der Waals surface area (Å²) < 4.78 is 0. The fourth-order valence-corrected chi connectivity index (χ4v) is 2.62. The lowest BCUT2D eigenvalue weighted by atomic mass is 9.93. The normalized spacial score (nSPS) is 16.6. The molecule has 1 aromatic heterocycles. The summed E-state index contributed by atoms with van der Waals surface area (Å²) in [6.07, 6.45) is 4.34. The molecule has 0 fully saturated rings. The third kappa shape index (κ3) is 2.86. The molecule has 0 unspecified atom stereocenters. The monoisotopic (exact) mass is 232 g/mol. The maximum Gasteiger partial charge on any atom is 0.0579 e. The van der Waals surface area contributed by atoms with Crippen molar-refractivity contribution < 1.29 is 0 Å². The SMILES string of the molecule is CC(C)Cc1ccnc2c1CCN(C(C)C)C2. The molecule has 2 nitrogen and oxygen atoms in total. The quantitative estimate of drug-likeness (QED) is 0.796. The first-order valence-corrected chi connectivity index (χ1v) is 6.77. The molecule has 0 bridgehead atoms. The van der Waals surface area contributed by atoms with Gasteiger partial charge in [-0.15, -0.1) is 0 Å². The van der Waals surface area contributed by atoms with Gasteiger partial charge in [-0.2, -0.15) is 0 Å². The number of pyridine rings is 1. The largest absolute Gasteiger partial charge is 0.295 e. The van der Waals surface area contributed by atoms with E-state index in [0.717, 1.165) is 12.5 Å². The molecule has 0 aliphatic carbocycles. The Morgan fingerprint density at radius 1 is 1.29 bits per heavy atom. The minimum atomic E-state index is 0.624. The first kappa shape index (κ1) is 12.6. The molecule has 0 amide bonds. The molecule has 2 heterocycles. The van der Waals surface area contributed by atoms with Crippen LogP contribution in [0, 0.1) is 5.92 Å². The first-order chi connectivity index (χ1) is 8.08. The molecule has 0 atom stereocenters. The number of nitrogens with zero attached hydrogens (tertiary/aromatic N) is 2. The van der Waals surface area contributed by atoms with Gasteiger partial charge >= 0.3 is 0 Å². The zero-order chi connectivity index (χ0) is 12.4. The first-order valence-electron chi connectivity index (χ1n) is 6.77. The molecular formula is C15H24N2. The molecule has 1 aromatic rings. The topological polar surface area (TPSA) is 16.1 Å². The van der Waals surface area contributed by atoms with E-state index >= 15 is 0 Å². The highest BCUT2D eigenvalue weighted by Gasteiger charge is 2.21. The predicted molar refractivity (Wildman–Crippen MR) is 72.0 cm³/mol. The molecule has 94 valence electrons. The second-order valence-electron chi connectivity index (χ2n) is 5.81. The molecule has 0 aromatic carbocycles. The van der Waals surface area contributed by atoms with E-state index in [2.05, 4.69) is 43.6 Å². The summed E-state index contributed by atoms with van der Waals surface area (Å²) in [4.78, 5) is 7.09. The standard InChI is InChI=1S/C15H24N2/c1-11(2)9-13-5-7-16-15-10-17(12(3)4)8-6-14(13)15/h5,7,11-12H,6,8-10H2,1-4H3. The average Bonchev–Trinajstić information content (AvgIpc) is 2.28. The lowest BCUT2D eigenvalue weighted by Gasteiger charge is -2.32. The van der Waals surface area contributed by atoms with E-state index in [1.165, 1.54) is 36.2 Å². The Kier molecular flexibility index (Phi) is 3.82. The number of aromatic nitrogens is 1. The van der Waals surface area contributed by atoms with Gasteiger partial charge in [0.15, 0.2) is 0 Å². The van der Waals surface area contributed by atoms with Crippen LogP contribution in [0.15, 0.2) is 12.3 Å². The van der Waals surface area contributed by atoms with Crippen molar-refractivity contribution >= 4 is 0 Å². The van der Waals surface area contributed by atoms with Gasteiger partial charge in [0.1, 0.15) is 0 Å². The van der Waals surface area contributed by atoms with Crippen LogP contribution in [0.4, 0.5) is 0 Å². The van der Waals surface area contributed by atoms with Crippen molar-refractivity contribution in [2.75, 3.05) is 6.54 Å². The van der Waals surface area contributed by atoms with Crippen LogP contribution in [0.1, 0.15) is 44.5 Å². The molecule has 1 aliphatic heterocycles. The van der Waals surface area contributed by atoms with Gasteiger partial charge in [-0.3, -0.25) is 9.88 Å². The maximum absolute atomic E-state index is 4.58. The number of rotatable bonds is 3. The van der Waals surface area contributed by atoms with E-state index < -0.39 is 0 Å². The molecule has 0 spiro atoms. The van der Waals surface area contributed by atoms with Crippen molar-refractivity contribution in [3.63, 3.8) is 0 Å². The van der Waals surface area contributed by atoms with Crippen LogP contribution >= 0.6 is 0 Å². The second kappa shape index (κ2) is 5.18. The summed E-state index contributed by atoms with van der Waals surface area (Å²) in [5.74, 6) is 0.727. The summed E-state index contributed by atoms with van der Waals surface area (Å²) >= 11 is 0. The Balaban J connectivity index is 2.23. The van der Waals surface area contributed by atoms with Gasteiger partial charge < -0.3 is 0 Å². The molecule has 0 saturated carbocycles. The smallest absolute Gasteiger partial charge is 0.0579 e. The fourth-order valence-electron chi connectivity index (χ4n) is 2.62.